The highest BCUT2D eigenvalue weighted by Gasteiger charge is 2.14. The van der Waals surface area contributed by atoms with Gasteiger partial charge in [0.15, 0.2) is 0 Å². The van der Waals surface area contributed by atoms with E-state index in [0.717, 1.165) is 12.1 Å². The molecule has 0 saturated heterocycles. The quantitative estimate of drug-likeness (QED) is 0.841. The van der Waals surface area contributed by atoms with Crippen LogP contribution in [0.15, 0.2) is 54.6 Å². The van der Waals surface area contributed by atoms with Crippen molar-refractivity contribution in [3.05, 3.63) is 71.5 Å². The molecule has 1 unspecified atom stereocenters. The molecule has 0 aliphatic rings. The minimum atomic E-state index is -0.188. The molecule has 0 spiro atoms. The van der Waals surface area contributed by atoms with Crippen molar-refractivity contribution in [2.24, 2.45) is 5.92 Å². The van der Waals surface area contributed by atoms with Crippen LogP contribution in [0.5, 0.6) is 0 Å². The minimum Gasteiger partial charge on any atom is -0.306 e. The Balaban J connectivity index is 2.04. The second-order valence-electron chi connectivity index (χ2n) is 5.14. The summed E-state index contributed by atoms with van der Waals surface area (Å²) in [6, 6.07) is 17.4. The summed E-state index contributed by atoms with van der Waals surface area (Å²) in [6.45, 7) is 5.16. The summed E-state index contributed by atoms with van der Waals surface area (Å²) in [5, 5.41) is 3.55. The molecule has 2 aromatic carbocycles. The minimum absolute atomic E-state index is 0.188. The molecule has 100 valence electrons. The number of rotatable bonds is 5. The van der Waals surface area contributed by atoms with Gasteiger partial charge in [-0.3, -0.25) is 0 Å². The van der Waals surface area contributed by atoms with Gasteiger partial charge in [-0.05, 0) is 29.2 Å². The Kier molecular flexibility index (Phi) is 4.69. The maximum Gasteiger partial charge on any atom is 0.123 e. The molecule has 1 N–H and O–H groups in total. The van der Waals surface area contributed by atoms with Crippen LogP contribution in [0, 0.1) is 11.7 Å². The van der Waals surface area contributed by atoms with Crippen LogP contribution >= 0.6 is 0 Å². The van der Waals surface area contributed by atoms with Crippen molar-refractivity contribution in [1.29, 1.82) is 0 Å². The van der Waals surface area contributed by atoms with Crippen molar-refractivity contribution < 1.29 is 4.39 Å². The fourth-order valence-corrected chi connectivity index (χ4v) is 2.23. The van der Waals surface area contributed by atoms with Crippen molar-refractivity contribution in [3.63, 3.8) is 0 Å². The van der Waals surface area contributed by atoms with Crippen LogP contribution < -0.4 is 5.32 Å². The highest BCUT2D eigenvalue weighted by atomic mass is 19.1. The molecule has 0 saturated carbocycles. The van der Waals surface area contributed by atoms with Gasteiger partial charge in [0.1, 0.15) is 5.82 Å². The average molecular weight is 257 g/mol. The summed E-state index contributed by atoms with van der Waals surface area (Å²) in [4.78, 5) is 0. The molecule has 0 aliphatic heterocycles. The SMILES string of the molecule is CC(C)C(NCc1ccc(F)cc1)c1ccccc1. The summed E-state index contributed by atoms with van der Waals surface area (Å²) in [7, 11) is 0. The molecule has 1 atom stereocenters. The molecule has 0 amide bonds. The Morgan fingerprint density at radius 3 is 2.16 bits per heavy atom. The van der Waals surface area contributed by atoms with Crippen LogP contribution in [-0.4, -0.2) is 0 Å². The maximum absolute atomic E-state index is 12.9. The Hall–Kier alpha value is -1.67. The van der Waals surface area contributed by atoms with Gasteiger partial charge in [-0.2, -0.15) is 0 Å². The van der Waals surface area contributed by atoms with Crippen LogP contribution in [0.3, 0.4) is 0 Å². The molecule has 0 bridgehead atoms. The molecular weight excluding hydrogens is 237 g/mol. The standard InChI is InChI=1S/C17H20FN/c1-13(2)17(15-6-4-3-5-7-15)19-12-14-8-10-16(18)11-9-14/h3-11,13,17,19H,12H2,1-2H3. The topological polar surface area (TPSA) is 12.0 Å². The van der Waals surface area contributed by atoms with E-state index in [0.29, 0.717) is 12.0 Å². The third kappa shape index (κ3) is 3.90. The number of hydrogen-bond donors (Lipinski definition) is 1. The van der Waals surface area contributed by atoms with E-state index in [1.54, 1.807) is 0 Å². The first kappa shape index (κ1) is 13.8. The van der Waals surface area contributed by atoms with E-state index in [1.807, 2.05) is 18.2 Å². The lowest BCUT2D eigenvalue weighted by molar-refractivity contribution is 0.410. The van der Waals surface area contributed by atoms with Crippen LogP contribution in [0.4, 0.5) is 4.39 Å². The van der Waals surface area contributed by atoms with Gasteiger partial charge in [0, 0.05) is 12.6 Å². The molecule has 0 aliphatic carbocycles. The van der Waals surface area contributed by atoms with Gasteiger partial charge < -0.3 is 5.32 Å². The molecule has 0 radical (unpaired) electrons. The Labute approximate surface area is 114 Å². The van der Waals surface area contributed by atoms with Crippen LogP contribution in [-0.2, 0) is 6.54 Å². The summed E-state index contributed by atoms with van der Waals surface area (Å²) in [5.74, 6) is 0.315. The van der Waals surface area contributed by atoms with Gasteiger partial charge in [0.05, 0.1) is 0 Å². The first-order valence-corrected chi connectivity index (χ1v) is 6.69. The molecule has 1 nitrogen and oxygen atoms in total. The largest absolute Gasteiger partial charge is 0.306 e. The second kappa shape index (κ2) is 6.48. The lowest BCUT2D eigenvalue weighted by Gasteiger charge is -2.23. The van der Waals surface area contributed by atoms with Crippen LogP contribution in [0.1, 0.15) is 31.0 Å². The van der Waals surface area contributed by atoms with E-state index in [4.69, 9.17) is 0 Å². The molecule has 2 heteroatoms. The van der Waals surface area contributed by atoms with Crippen LogP contribution in [0.25, 0.3) is 0 Å². The fraction of sp³-hybridized carbons (Fsp3) is 0.294. The summed E-state index contributed by atoms with van der Waals surface area (Å²) in [6.07, 6.45) is 0. The third-order valence-corrected chi connectivity index (χ3v) is 3.26. The molecule has 2 aromatic rings. The smallest absolute Gasteiger partial charge is 0.123 e. The van der Waals surface area contributed by atoms with Crippen molar-refractivity contribution in [2.75, 3.05) is 0 Å². The number of halogens is 1. The number of benzene rings is 2. The Morgan fingerprint density at radius 2 is 1.58 bits per heavy atom. The van der Waals surface area contributed by atoms with E-state index in [1.165, 1.54) is 17.7 Å². The highest BCUT2D eigenvalue weighted by Crippen LogP contribution is 2.21. The van der Waals surface area contributed by atoms with E-state index in [9.17, 15) is 4.39 Å². The van der Waals surface area contributed by atoms with Crippen molar-refractivity contribution in [2.45, 2.75) is 26.4 Å². The molecular formula is C17H20FN. The van der Waals surface area contributed by atoms with E-state index in [2.05, 4.69) is 43.4 Å². The lowest BCUT2D eigenvalue weighted by Crippen LogP contribution is -2.25. The van der Waals surface area contributed by atoms with Crippen molar-refractivity contribution in [1.82, 2.24) is 5.32 Å². The van der Waals surface area contributed by atoms with E-state index in [-0.39, 0.29) is 5.82 Å². The normalized spacial score (nSPS) is 12.6. The zero-order valence-electron chi connectivity index (χ0n) is 11.4. The third-order valence-electron chi connectivity index (χ3n) is 3.26. The molecule has 2 rings (SSSR count). The zero-order chi connectivity index (χ0) is 13.7. The number of hydrogen-bond acceptors (Lipinski definition) is 1. The van der Waals surface area contributed by atoms with Crippen LogP contribution in [0.2, 0.25) is 0 Å². The van der Waals surface area contributed by atoms with Gasteiger partial charge in [0.25, 0.3) is 0 Å². The van der Waals surface area contributed by atoms with Crippen molar-refractivity contribution in [3.8, 4) is 0 Å². The zero-order valence-corrected chi connectivity index (χ0v) is 11.4. The summed E-state index contributed by atoms with van der Waals surface area (Å²) >= 11 is 0. The summed E-state index contributed by atoms with van der Waals surface area (Å²) in [5.41, 5.74) is 2.39. The van der Waals surface area contributed by atoms with Gasteiger partial charge in [-0.15, -0.1) is 0 Å². The second-order valence-corrected chi connectivity index (χ2v) is 5.14. The van der Waals surface area contributed by atoms with Crippen molar-refractivity contribution >= 4 is 0 Å². The van der Waals surface area contributed by atoms with Gasteiger partial charge in [0.2, 0.25) is 0 Å². The Morgan fingerprint density at radius 1 is 0.947 bits per heavy atom. The average Bonchev–Trinajstić information content (AvgIpc) is 2.42. The highest BCUT2D eigenvalue weighted by molar-refractivity contribution is 5.21. The maximum atomic E-state index is 12.9. The fourth-order valence-electron chi connectivity index (χ4n) is 2.23. The predicted octanol–water partition coefficient (Wildman–Crippen LogP) is 4.31. The monoisotopic (exact) mass is 257 g/mol. The first-order chi connectivity index (χ1) is 9.16. The molecule has 19 heavy (non-hydrogen) atoms. The number of nitrogens with one attached hydrogen (secondary N) is 1. The molecule has 0 fully saturated rings. The van der Waals surface area contributed by atoms with Gasteiger partial charge >= 0.3 is 0 Å². The van der Waals surface area contributed by atoms with E-state index >= 15 is 0 Å². The van der Waals surface area contributed by atoms with Gasteiger partial charge in [-0.1, -0.05) is 56.3 Å². The lowest BCUT2D eigenvalue weighted by atomic mass is 9.96. The molecule has 0 heterocycles. The molecule has 0 aromatic heterocycles. The van der Waals surface area contributed by atoms with E-state index < -0.39 is 0 Å². The Bertz CT molecular complexity index is 490. The van der Waals surface area contributed by atoms with Gasteiger partial charge in [-0.25, -0.2) is 4.39 Å². The summed E-state index contributed by atoms with van der Waals surface area (Å²) < 4.78 is 12.9. The first-order valence-electron chi connectivity index (χ1n) is 6.69. The predicted molar refractivity (Wildman–Crippen MR) is 77.3 cm³/mol.